The molecule has 0 aromatic heterocycles. The van der Waals surface area contributed by atoms with E-state index in [1.165, 1.54) is 18.4 Å². The molecule has 1 aliphatic heterocycles. The van der Waals surface area contributed by atoms with E-state index in [9.17, 15) is 0 Å². The van der Waals surface area contributed by atoms with Gasteiger partial charge in [-0.1, -0.05) is 19.1 Å². The van der Waals surface area contributed by atoms with Gasteiger partial charge in [0.1, 0.15) is 5.75 Å². The summed E-state index contributed by atoms with van der Waals surface area (Å²) in [7, 11) is 1.70. The molecule has 1 aromatic carbocycles. The molecule has 1 heterocycles. The molecule has 0 spiro atoms. The third-order valence-electron chi connectivity index (χ3n) is 3.49. The molecule has 1 aromatic rings. The van der Waals surface area contributed by atoms with Crippen molar-refractivity contribution in [1.29, 1.82) is 0 Å². The average Bonchev–Trinajstić information content (AvgIpc) is 2.46. The molecule has 2 rings (SSSR count). The van der Waals surface area contributed by atoms with E-state index in [2.05, 4.69) is 24.4 Å². The van der Waals surface area contributed by atoms with Gasteiger partial charge in [-0.2, -0.15) is 0 Å². The minimum absolute atomic E-state index is 0.293. The van der Waals surface area contributed by atoms with Gasteiger partial charge in [-0.3, -0.25) is 0 Å². The van der Waals surface area contributed by atoms with E-state index < -0.39 is 0 Å². The monoisotopic (exact) mass is 249 g/mol. The average molecular weight is 249 g/mol. The number of methoxy groups -OCH3 is 1. The summed E-state index contributed by atoms with van der Waals surface area (Å²) in [6.07, 6.45) is 3.90. The van der Waals surface area contributed by atoms with Crippen molar-refractivity contribution in [1.82, 2.24) is 5.32 Å². The predicted octanol–water partition coefficient (Wildman–Crippen LogP) is 2.91. The molecule has 0 bridgehead atoms. The minimum Gasteiger partial charge on any atom is -0.497 e. The van der Waals surface area contributed by atoms with Gasteiger partial charge in [0.2, 0.25) is 0 Å². The zero-order valence-corrected chi connectivity index (χ0v) is 11.3. The van der Waals surface area contributed by atoms with Crippen LogP contribution in [0.4, 0.5) is 0 Å². The molecule has 2 unspecified atom stereocenters. The van der Waals surface area contributed by atoms with Crippen molar-refractivity contribution >= 4 is 0 Å². The quantitative estimate of drug-likeness (QED) is 0.870. The Labute approximate surface area is 109 Å². The highest BCUT2D eigenvalue weighted by Gasteiger charge is 2.25. The highest BCUT2D eigenvalue weighted by Crippen LogP contribution is 2.27. The zero-order valence-electron chi connectivity index (χ0n) is 11.3. The summed E-state index contributed by atoms with van der Waals surface area (Å²) in [5.74, 6) is 0.901. The van der Waals surface area contributed by atoms with Crippen LogP contribution >= 0.6 is 0 Å². The maximum Gasteiger partial charge on any atom is 0.118 e. The van der Waals surface area contributed by atoms with Crippen LogP contribution in [0, 0.1) is 0 Å². The molecular weight excluding hydrogens is 226 g/mol. The van der Waals surface area contributed by atoms with Crippen molar-refractivity contribution in [3.05, 3.63) is 29.8 Å². The Balaban J connectivity index is 2.11. The highest BCUT2D eigenvalue weighted by molar-refractivity contribution is 5.29. The maximum atomic E-state index is 5.91. The molecule has 18 heavy (non-hydrogen) atoms. The predicted molar refractivity (Wildman–Crippen MR) is 73.0 cm³/mol. The number of likely N-dealkylation sites (N-methyl/N-ethyl adjacent to an activating group) is 1. The van der Waals surface area contributed by atoms with Crippen molar-refractivity contribution < 1.29 is 9.47 Å². The second kappa shape index (κ2) is 6.76. The molecule has 1 aliphatic rings. The lowest BCUT2D eigenvalue weighted by molar-refractivity contribution is -0.00787. The fourth-order valence-electron chi connectivity index (χ4n) is 2.52. The Morgan fingerprint density at radius 2 is 2.11 bits per heavy atom. The molecule has 3 heteroatoms. The first-order chi connectivity index (χ1) is 8.85. The van der Waals surface area contributed by atoms with Crippen LogP contribution in [0.3, 0.4) is 0 Å². The first-order valence-corrected chi connectivity index (χ1v) is 6.84. The molecule has 2 atom stereocenters. The Morgan fingerprint density at radius 1 is 1.33 bits per heavy atom. The molecule has 3 nitrogen and oxygen atoms in total. The van der Waals surface area contributed by atoms with E-state index in [0.29, 0.717) is 12.1 Å². The van der Waals surface area contributed by atoms with Gasteiger partial charge in [-0.25, -0.2) is 0 Å². The topological polar surface area (TPSA) is 30.5 Å². The number of ether oxygens (including phenoxy) is 2. The Kier molecular flexibility index (Phi) is 5.02. The van der Waals surface area contributed by atoms with E-state index in [4.69, 9.17) is 9.47 Å². The van der Waals surface area contributed by atoms with E-state index in [1.54, 1.807) is 7.11 Å². The van der Waals surface area contributed by atoms with Crippen molar-refractivity contribution in [2.75, 3.05) is 20.3 Å². The van der Waals surface area contributed by atoms with Gasteiger partial charge in [-0.15, -0.1) is 0 Å². The van der Waals surface area contributed by atoms with Gasteiger partial charge < -0.3 is 14.8 Å². The Hall–Kier alpha value is -1.06. The van der Waals surface area contributed by atoms with Crippen molar-refractivity contribution in [2.45, 2.75) is 38.3 Å². The number of rotatable bonds is 5. The molecule has 100 valence electrons. The van der Waals surface area contributed by atoms with Crippen LogP contribution in [-0.2, 0) is 4.74 Å². The molecule has 0 aliphatic carbocycles. The molecule has 0 saturated carbocycles. The van der Waals surface area contributed by atoms with Crippen LogP contribution in [0.5, 0.6) is 5.75 Å². The number of nitrogens with one attached hydrogen (secondary N) is 1. The maximum absolute atomic E-state index is 5.91. The Bertz CT molecular complexity index is 344. The summed E-state index contributed by atoms with van der Waals surface area (Å²) in [5.41, 5.74) is 1.28. The number of hydrogen-bond donors (Lipinski definition) is 1. The third kappa shape index (κ3) is 3.24. The van der Waals surface area contributed by atoms with E-state index in [-0.39, 0.29) is 0 Å². The first kappa shape index (κ1) is 13.4. The van der Waals surface area contributed by atoms with Gasteiger partial charge in [0, 0.05) is 6.61 Å². The van der Waals surface area contributed by atoms with Crippen LogP contribution in [0.15, 0.2) is 24.3 Å². The lowest BCUT2D eigenvalue weighted by Gasteiger charge is -2.31. The summed E-state index contributed by atoms with van der Waals surface area (Å²) in [6.45, 7) is 3.98. The number of benzene rings is 1. The van der Waals surface area contributed by atoms with Crippen LogP contribution in [0.1, 0.15) is 37.8 Å². The van der Waals surface area contributed by atoms with Crippen molar-refractivity contribution in [3.63, 3.8) is 0 Å². The zero-order chi connectivity index (χ0) is 12.8. The second-order valence-corrected chi connectivity index (χ2v) is 4.71. The van der Waals surface area contributed by atoms with Gasteiger partial charge in [-0.05, 0) is 43.5 Å². The first-order valence-electron chi connectivity index (χ1n) is 6.84. The lowest BCUT2D eigenvalue weighted by Crippen LogP contribution is -2.35. The van der Waals surface area contributed by atoms with E-state index in [0.717, 1.165) is 25.3 Å². The summed E-state index contributed by atoms with van der Waals surface area (Å²) in [6, 6.07) is 8.58. The molecule has 1 N–H and O–H groups in total. The van der Waals surface area contributed by atoms with Gasteiger partial charge in [0.25, 0.3) is 0 Å². The molecule has 1 fully saturated rings. The van der Waals surface area contributed by atoms with E-state index >= 15 is 0 Å². The van der Waals surface area contributed by atoms with Gasteiger partial charge >= 0.3 is 0 Å². The molecule has 0 radical (unpaired) electrons. The fourth-order valence-corrected chi connectivity index (χ4v) is 2.52. The summed E-state index contributed by atoms with van der Waals surface area (Å²) < 4.78 is 11.1. The van der Waals surface area contributed by atoms with Crippen LogP contribution in [-0.4, -0.2) is 26.4 Å². The summed E-state index contributed by atoms with van der Waals surface area (Å²) in [5, 5.41) is 3.54. The largest absolute Gasteiger partial charge is 0.497 e. The third-order valence-corrected chi connectivity index (χ3v) is 3.49. The lowest BCUT2D eigenvalue weighted by atomic mass is 9.95. The second-order valence-electron chi connectivity index (χ2n) is 4.71. The minimum atomic E-state index is 0.293. The van der Waals surface area contributed by atoms with Crippen LogP contribution in [0.2, 0.25) is 0 Å². The normalized spacial score (nSPS) is 21.6. The number of hydrogen-bond acceptors (Lipinski definition) is 3. The fraction of sp³-hybridized carbons (Fsp3) is 0.600. The van der Waals surface area contributed by atoms with Crippen LogP contribution in [0.25, 0.3) is 0 Å². The smallest absolute Gasteiger partial charge is 0.118 e. The van der Waals surface area contributed by atoms with Gasteiger partial charge in [0.15, 0.2) is 0 Å². The SMILES string of the molecule is CCNC(c1ccc(OC)cc1)C1CCCCO1. The summed E-state index contributed by atoms with van der Waals surface area (Å²) >= 11 is 0. The molecular formula is C15H23NO2. The molecule has 1 saturated heterocycles. The van der Waals surface area contributed by atoms with Crippen molar-refractivity contribution in [2.24, 2.45) is 0 Å². The van der Waals surface area contributed by atoms with Crippen LogP contribution < -0.4 is 10.1 Å². The highest BCUT2D eigenvalue weighted by atomic mass is 16.5. The van der Waals surface area contributed by atoms with Crippen molar-refractivity contribution in [3.8, 4) is 5.75 Å². The van der Waals surface area contributed by atoms with Gasteiger partial charge in [0.05, 0.1) is 19.3 Å². The Morgan fingerprint density at radius 3 is 2.67 bits per heavy atom. The molecule has 0 amide bonds. The standard InChI is InChI=1S/C15H23NO2/c1-3-16-15(14-6-4-5-11-18-14)12-7-9-13(17-2)10-8-12/h7-10,14-16H,3-6,11H2,1-2H3. The van der Waals surface area contributed by atoms with E-state index in [1.807, 2.05) is 12.1 Å². The summed E-state index contributed by atoms with van der Waals surface area (Å²) in [4.78, 5) is 0.